The summed E-state index contributed by atoms with van der Waals surface area (Å²) in [7, 11) is 1.34. The van der Waals surface area contributed by atoms with Gasteiger partial charge in [-0.1, -0.05) is 6.07 Å². The first-order chi connectivity index (χ1) is 10.9. The third kappa shape index (κ3) is 4.16. The summed E-state index contributed by atoms with van der Waals surface area (Å²) in [5, 5.41) is 11.1. The Kier molecular flexibility index (Phi) is 4.75. The molecule has 8 heteroatoms. The van der Waals surface area contributed by atoms with E-state index < -0.39 is 23.8 Å². The number of hydrogen-bond acceptors (Lipinski definition) is 3. The van der Waals surface area contributed by atoms with Gasteiger partial charge in [0.15, 0.2) is 11.6 Å². The van der Waals surface area contributed by atoms with Crippen LogP contribution in [0.15, 0.2) is 42.5 Å². The molecular weight excluding hydrogens is 310 g/mol. The van der Waals surface area contributed by atoms with Crippen LogP contribution in [0, 0.1) is 11.6 Å². The fourth-order valence-corrected chi connectivity index (χ4v) is 1.69. The molecule has 2 rings (SSSR count). The Balaban J connectivity index is 2.06. The van der Waals surface area contributed by atoms with Crippen molar-refractivity contribution in [2.75, 3.05) is 17.3 Å². The van der Waals surface area contributed by atoms with Gasteiger partial charge in [0, 0.05) is 24.9 Å². The van der Waals surface area contributed by atoms with Crippen molar-refractivity contribution < 1.29 is 28.2 Å². The first-order valence-electron chi connectivity index (χ1n) is 6.37. The van der Waals surface area contributed by atoms with E-state index in [0.29, 0.717) is 5.69 Å². The van der Waals surface area contributed by atoms with Crippen LogP contribution in [0.4, 0.5) is 29.7 Å². The van der Waals surface area contributed by atoms with Gasteiger partial charge in [0.1, 0.15) is 5.75 Å². The first kappa shape index (κ1) is 16.2. The van der Waals surface area contributed by atoms with Gasteiger partial charge in [-0.15, -0.1) is 0 Å². The summed E-state index contributed by atoms with van der Waals surface area (Å²) in [5.74, 6) is -2.04. The number of anilines is 2. The van der Waals surface area contributed by atoms with Crippen molar-refractivity contribution in [3.05, 3.63) is 54.1 Å². The molecule has 6 nitrogen and oxygen atoms in total. The number of rotatable bonds is 3. The average Bonchev–Trinajstić information content (AvgIpc) is 2.50. The molecule has 2 aromatic carbocycles. The summed E-state index contributed by atoms with van der Waals surface area (Å²) in [6, 6.07) is 8.68. The Morgan fingerprint density at radius 3 is 2.52 bits per heavy atom. The van der Waals surface area contributed by atoms with Crippen LogP contribution in [-0.2, 0) is 0 Å². The Bertz CT molecular complexity index is 752. The second-order valence-corrected chi connectivity index (χ2v) is 4.48. The van der Waals surface area contributed by atoms with Gasteiger partial charge in [-0.2, -0.15) is 0 Å². The maximum atomic E-state index is 13.0. The monoisotopic (exact) mass is 322 g/mol. The van der Waals surface area contributed by atoms with Gasteiger partial charge in [-0.3, -0.25) is 10.2 Å². The van der Waals surface area contributed by atoms with Crippen LogP contribution < -0.4 is 15.0 Å². The fraction of sp³-hybridized carbons (Fsp3) is 0.0667. The number of hydrogen-bond donors (Lipinski definition) is 2. The van der Waals surface area contributed by atoms with Gasteiger partial charge < -0.3 is 9.84 Å². The zero-order chi connectivity index (χ0) is 17.0. The zero-order valence-corrected chi connectivity index (χ0v) is 11.9. The number of carbonyl (C=O) groups excluding carboxylic acids is 1. The van der Waals surface area contributed by atoms with Crippen molar-refractivity contribution in [3.8, 4) is 5.75 Å². The van der Waals surface area contributed by atoms with E-state index in [-0.39, 0.29) is 11.4 Å². The molecule has 0 aliphatic carbocycles. The van der Waals surface area contributed by atoms with Crippen LogP contribution in [-0.4, -0.2) is 24.3 Å². The normalized spacial score (nSPS) is 10.0. The number of amides is 2. The molecule has 120 valence electrons. The molecule has 2 aromatic rings. The van der Waals surface area contributed by atoms with E-state index in [4.69, 9.17) is 9.84 Å². The fourth-order valence-electron chi connectivity index (χ4n) is 1.69. The Morgan fingerprint density at radius 2 is 1.87 bits per heavy atom. The van der Waals surface area contributed by atoms with Gasteiger partial charge in [0.05, 0.1) is 5.69 Å². The maximum absolute atomic E-state index is 13.0. The van der Waals surface area contributed by atoms with Crippen molar-refractivity contribution in [3.63, 3.8) is 0 Å². The number of halogens is 2. The summed E-state index contributed by atoms with van der Waals surface area (Å²) >= 11 is 0. The predicted molar refractivity (Wildman–Crippen MR) is 78.9 cm³/mol. The van der Waals surface area contributed by atoms with E-state index in [0.717, 1.165) is 17.0 Å². The van der Waals surface area contributed by atoms with E-state index in [1.54, 1.807) is 0 Å². The highest BCUT2D eigenvalue weighted by molar-refractivity contribution is 5.87. The van der Waals surface area contributed by atoms with E-state index in [9.17, 15) is 18.4 Å². The van der Waals surface area contributed by atoms with Crippen LogP contribution >= 0.6 is 0 Å². The molecule has 0 aromatic heterocycles. The maximum Gasteiger partial charge on any atom is 0.417 e. The third-order valence-corrected chi connectivity index (χ3v) is 2.87. The number of benzene rings is 2. The predicted octanol–water partition coefficient (Wildman–Crippen LogP) is 3.69. The summed E-state index contributed by atoms with van der Waals surface area (Å²) < 4.78 is 30.8. The lowest BCUT2D eigenvalue weighted by Gasteiger charge is -2.14. The molecule has 2 N–H and O–H groups in total. The molecular formula is C15H12F2N2O4. The number of carbonyl (C=O) groups is 2. The highest BCUT2D eigenvalue weighted by Gasteiger charge is 2.11. The van der Waals surface area contributed by atoms with Gasteiger partial charge in [-0.25, -0.2) is 18.4 Å². The largest absolute Gasteiger partial charge is 0.465 e. The van der Waals surface area contributed by atoms with Crippen molar-refractivity contribution in [1.82, 2.24) is 0 Å². The lowest BCUT2D eigenvalue weighted by atomic mass is 10.3. The lowest BCUT2D eigenvalue weighted by molar-refractivity contribution is 0.203. The van der Waals surface area contributed by atoms with Crippen molar-refractivity contribution >= 4 is 23.6 Å². The molecule has 0 fully saturated rings. The second-order valence-electron chi connectivity index (χ2n) is 4.48. The SMILES string of the molecule is CN(C(=O)O)c1cccc(OC(=O)Nc2ccc(F)c(F)c2)c1. The number of carboxylic acid groups (broad SMARTS) is 1. The van der Waals surface area contributed by atoms with E-state index in [1.165, 1.54) is 37.4 Å². The van der Waals surface area contributed by atoms with Crippen LogP contribution in [0.2, 0.25) is 0 Å². The standard InChI is InChI=1S/C15H12F2N2O4/c1-19(15(21)22)10-3-2-4-11(8-10)23-14(20)18-9-5-6-12(16)13(17)7-9/h2-8H,1H3,(H,18,20)(H,21,22). The van der Waals surface area contributed by atoms with Crippen molar-refractivity contribution in [2.45, 2.75) is 0 Å². The molecule has 0 saturated heterocycles. The molecule has 0 aliphatic rings. The van der Waals surface area contributed by atoms with Gasteiger partial charge in [0.25, 0.3) is 0 Å². The van der Waals surface area contributed by atoms with Crippen LogP contribution in [0.5, 0.6) is 5.75 Å². The Labute approximate surface area is 129 Å². The highest BCUT2D eigenvalue weighted by Crippen LogP contribution is 2.21. The summed E-state index contributed by atoms with van der Waals surface area (Å²) in [4.78, 5) is 23.5. The molecule has 0 saturated carbocycles. The van der Waals surface area contributed by atoms with Gasteiger partial charge in [-0.05, 0) is 24.3 Å². The Hall–Kier alpha value is -3.16. The smallest absolute Gasteiger partial charge is 0.417 e. The van der Waals surface area contributed by atoms with Crippen molar-refractivity contribution in [2.24, 2.45) is 0 Å². The molecule has 0 heterocycles. The topological polar surface area (TPSA) is 78.9 Å². The lowest BCUT2D eigenvalue weighted by Crippen LogP contribution is -2.23. The summed E-state index contributed by atoms with van der Waals surface area (Å²) in [6.45, 7) is 0. The van der Waals surface area contributed by atoms with Gasteiger partial charge in [0.2, 0.25) is 0 Å². The molecule has 2 amide bonds. The molecule has 0 spiro atoms. The van der Waals surface area contributed by atoms with Gasteiger partial charge >= 0.3 is 12.2 Å². The molecule has 23 heavy (non-hydrogen) atoms. The zero-order valence-electron chi connectivity index (χ0n) is 11.9. The number of nitrogens with one attached hydrogen (secondary N) is 1. The van der Waals surface area contributed by atoms with Crippen LogP contribution in [0.3, 0.4) is 0 Å². The summed E-state index contributed by atoms with van der Waals surface area (Å²) in [6.07, 6.45) is -2.10. The third-order valence-electron chi connectivity index (χ3n) is 2.87. The van der Waals surface area contributed by atoms with E-state index in [2.05, 4.69) is 5.32 Å². The number of ether oxygens (including phenoxy) is 1. The average molecular weight is 322 g/mol. The summed E-state index contributed by atoms with van der Waals surface area (Å²) in [5.41, 5.74) is 0.323. The van der Waals surface area contributed by atoms with E-state index >= 15 is 0 Å². The Morgan fingerprint density at radius 1 is 1.13 bits per heavy atom. The quantitative estimate of drug-likeness (QED) is 0.903. The second kappa shape index (κ2) is 6.73. The molecule has 0 unspecified atom stereocenters. The molecule has 0 radical (unpaired) electrons. The van der Waals surface area contributed by atoms with E-state index in [1.807, 2.05) is 0 Å². The molecule has 0 aliphatic heterocycles. The number of nitrogens with zero attached hydrogens (tertiary/aromatic N) is 1. The molecule has 0 bridgehead atoms. The minimum absolute atomic E-state index is 0.0210. The van der Waals surface area contributed by atoms with Crippen LogP contribution in [0.25, 0.3) is 0 Å². The first-order valence-corrected chi connectivity index (χ1v) is 6.37. The van der Waals surface area contributed by atoms with Crippen LogP contribution in [0.1, 0.15) is 0 Å². The van der Waals surface area contributed by atoms with Crippen molar-refractivity contribution in [1.29, 1.82) is 0 Å². The highest BCUT2D eigenvalue weighted by atomic mass is 19.2. The minimum atomic E-state index is -1.17. The molecule has 0 atom stereocenters. The minimum Gasteiger partial charge on any atom is -0.465 e.